The summed E-state index contributed by atoms with van der Waals surface area (Å²) in [5.74, 6) is 0.111. The molecule has 0 aromatic heterocycles. The highest BCUT2D eigenvalue weighted by molar-refractivity contribution is 7.95. The average Bonchev–Trinajstić information content (AvgIpc) is 2.78. The Morgan fingerprint density at radius 2 is 1.03 bits per heavy atom. The van der Waals surface area contributed by atoms with Crippen LogP contribution in [0.3, 0.4) is 0 Å². The summed E-state index contributed by atoms with van der Waals surface area (Å²) in [6.45, 7) is 4.14. The van der Waals surface area contributed by atoms with Crippen molar-refractivity contribution in [1.82, 2.24) is 0 Å². The van der Waals surface area contributed by atoms with E-state index in [-0.39, 0.29) is 11.5 Å². The Hall–Kier alpha value is -3.19. The van der Waals surface area contributed by atoms with Crippen LogP contribution < -0.4 is 15.9 Å². The van der Waals surface area contributed by atoms with Crippen molar-refractivity contribution in [2.45, 2.75) is 13.8 Å². The highest BCUT2D eigenvalue weighted by Gasteiger charge is 2.46. The molecule has 0 fully saturated rings. The molecule has 0 unspecified atom stereocenters. The lowest BCUT2D eigenvalue weighted by Crippen LogP contribution is -2.34. The predicted octanol–water partition coefficient (Wildman–Crippen LogP) is 4.98. The largest absolute Gasteiger partial charge is 0.192 e. The van der Waals surface area contributed by atoms with Gasteiger partial charge in [0.05, 0.1) is 6.16 Å². The smallest absolute Gasteiger partial charge is 0.132 e. The van der Waals surface area contributed by atoms with E-state index >= 15 is 0 Å². The molecule has 142 valence electrons. The van der Waals surface area contributed by atoms with Crippen LogP contribution in [-0.2, 0) is 0 Å². The first kappa shape index (κ1) is 20.5. The van der Waals surface area contributed by atoms with E-state index in [4.69, 9.17) is 0 Å². The summed E-state index contributed by atoms with van der Waals surface area (Å²) in [4.78, 5) is 0. The van der Waals surface area contributed by atoms with Crippen LogP contribution in [-0.4, -0.2) is 6.16 Å². The van der Waals surface area contributed by atoms with Crippen LogP contribution in [0.1, 0.15) is 13.8 Å². The van der Waals surface area contributed by atoms with Crippen LogP contribution in [0.25, 0.3) is 0 Å². The first-order valence-corrected chi connectivity index (χ1v) is 11.7. The van der Waals surface area contributed by atoms with Crippen LogP contribution in [0.5, 0.6) is 0 Å². The van der Waals surface area contributed by atoms with Crippen molar-refractivity contribution in [2.24, 2.45) is 5.92 Å². The molecule has 0 N–H and O–H groups in total. The maximum Gasteiger partial charge on any atom is 0.132 e. The molecule has 0 aliphatic carbocycles. The molecule has 2 nitrogen and oxygen atoms in total. The summed E-state index contributed by atoms with van der Waals surface area (Å²) in [6, 6.07) is 35.9. The van der Waals surface area contributed by atoms with Gasteiger partial charge in [-0.05, 0) is 47.9 Å². The summed E-state index contributed by atoms with van der Waals surface area (Å²) < 4.78 is 0. The van der Waals surface area contributed by atoms with Crippen molar-refractivity contribution in [3.8, 4) is 12.1 Å². The van der Waals surface area contributed by atoms with Gasteiger partial charge in [-0.25, -0.2) is 0 Å². The first-order valence-electron chi connectivity index (χ1n) is 9.71. The molecule has 0 spiro atoms. The van der Waals surface area contributed by atoms with Crippen molar-refractivity contribution in [2.75, 3.05) is 6.16 Å². The molecule has 3 rings (SSSR count). The minimum absolute atomic E-state index is 0.111. The van der Waals surface area contributed by atoms with Gasteiger partial charge < -0.3 is 0 Å². The summed E-state index contributed by atoms with van der Waals surface area (Å²) in [5.41, 5.74) is 1.17. The zero-order valence-corrected chi connectivity index (χ0v) is 17.7. The molecule has 3 aromatic rings. The quantitative estimate of drug-likeness (QED) is 0.437. The van der Waals surface area contributed by atoms with Crippen LogP contribution in [0.2, 0.25) is 0 Å². The highest BCUT2D eigenvalue weighted by Crippen LogP contribution is 2.57. The Labute approximate surface area is 174 Å². The third-order valence-electron chi connectivity index (χ3n) is 5.24. The molecule has 0 saturated carbocycles. The molecule has 0 aliphatic heterocycles. The van der Waals surface area contributed by atoms with Gasteiger partial charge in [0.1, 0.15) is 40.9 Å². The number of benzene rings is 3. The normalized spacial score (nSPS) is 10.8. The van der Waals surface area contributed by atoms with E-state index < -0.39 is 7.26 Å². The third kappa shape index (κ3) is 4.14. The van der Waals surface area contributed by atoms with Crippen LogP contribution in [0.15, 0.2) is 102 Å². The number of nitrogens with zero attached hydrogens (tertiary/aromatic N) is 2. The lowest BCUT2D eigenvalue weighted by molar-refractivity contribution is 0.767. The van der Waals surface area contributed by atoms with Gasteiger partial charge in [0.2, 0.25) is 0 Å². The van der Waals surface area contributed by atoms with Gasteiger partial charge in [0.15, 0.2) is 0 Å². The van der Waals surface area contributed by atoms with Crippen LogP contribution >= 0.6 is 7.26 Å². The monoisotopic (exact) mass is 395 g/mol. The van der Waals surface area contributed by atoms with Crippen molar-refractivity contribution in [3.63, 3.8) is 0 Å². The van der Waals surface area contributed by atoms with Crippen LogP contribution in [0.4, 0.5) is 0 Å². The predicted molar refractivity (Wildman–Crippen MR) is 123 cm³/mol. The summed E-state index contributed by atoms with van der Waals surface area (Å²) in [5, 5.41) is 23.0. The molecule has 29 heavy (non-hydrogen) atoms. The molecular weight excluding hydrogens is 371 g/mol. The molecule has 3 aromatic carbocycles. The van der Waals surface area contributed by atoms with Gasteiger partial charge in [0, 0.05) is 0 Å². The molecule has 0 amide bonds. The minimum atomic E-state index is -2.10. The van der Waals surface area contributed by atoms with Crippen molar-refractivity contribution in [1.29, 1.82) is 10.5 Å². The molecule has 3 heteroatoms. The van der Waals surface area contributed by atoms with Gasteiger partial charge in [-0.15, -0.1) is 0 Å². The second kappa shape index (κ2) is 9.34. The number of hydrogen-bond acceptors (Lipinski definition) is 2. The van der Waals surface area contributed by atoms with E-state index in [9.17, 15) is 10.5 Å². The highest BCUT2D eigenvalue weighted by atomic mass is 31.2. The Balaban J connectivity index is 2.39. The lowest BCUT2D eigenvalue weighted by atomic mass is 10.0. The fourth-order valence-corrected chi connectivity index (χ4v) is 8.26. The minimum Gasteiger partial charge on any atom is -0.192 e. The number of nitriles is 2. The van der Waals surface area contributed by atoms with E-state index in [0.29, 0.717) is 6.16 Å². The fourth-order valence-electron chi connectivity index (χ4n) is 3.74. The van der Waals surface area contributed by atoms with Crippen molar-refractivity contribution >= 4 is 23.2 Å². The van der Waals surface area contributed by atoms with Gasteiger partial charge in [-0.1, -0.05) is 68.4 Å². The van der Waals surface area contributed by atoms with Gasteiger partial charge in [0.25, 0.3) is 0 Å². The van der Waals surface area contributed by atoms with E-state index in [2.05, 4.69) is 98.8 Å². The first-order chi connectivity index (χ1) is 14.1. The van der Waals surface area contributed by atoms with Gasteiger partial charge in [-0.2, -0.15) is 10.5 Å². The maximum atomic E-state index is 9.64. The van der Waals surface area contributed by atoms with Crippen molar-refractivity contribution in [3.05, 3.63) is 102 Å². The van der Waals surface area contributed by atoms with Crippen LogP contribution in [0, 0.1) is 28.6 Å². The SMILES string of the molecule is CC(C)C(C[P+](c1ccccc1)(c1ccccc1)c1ccccc1)=C(C#N)C#N. The van der Waals surface area contributed by atoms with E-state index in [1.54, 1.807) is 0 Å². The van der Waals surface area contributed by atoms with Gasteiger partial charge >= 0.3 is 0 Å². The number of hydrogen-bond donors (Lipinski definition) is 0. The second-order valence-corrected chi connectivity index (χ2v) is 10.7. The molecule has 0 saturated heterocycles. The van der Waals surface area contributed by atoms with Gasteiger partial charge in [-0.3, -0.25) is 0 Å². The Kier molecular flexibility index (Phi) is 6.61. The zero-order chi connectivity index (χ0) is 20.7. The number of allylic oxidation sites excluding steroid dienone is 2. The Bertz CT molecular complexity index is 944. The second-order valence-electron chi connectivity index (χ2n) is 7.25. The average molecular weight is 395 g/mol. The summed E-state index contributed by atoms with van der Waals surface area (Å²) in [7, 11) is -2.10. The Morgan fingerprint density at radius 3 is 1.31 bits per heavy atom. The molecule has 0 heterocycles. The summed E-state index contributed by atoms with van der Waals surface area (Å²) >= 11 is 0. The number of rotatable bonds is 6. The standard InChI is InChI=1S/C26H24N2P/c1-21(2)26(22(18-27)19-28)20-29(23-12-6-3-7-13-23,24-14-8-4-9-15-24)25-16-10-5-11-17-25/h3-17,21H,20H2,1-2H3/q+1. The summed E-state index contributed by atoms with van der Waals surface area (Å²) in [6.07, 6.45) is 0.680. The van der Waals surface area contributed by atoms with E-state index in [1.807, 2.05) is 18.2 Å². The topological polar surface area (TPSA) is 47.6 Å². The lowest BCUT2D eigenvalue weighted by Gasteiger charge is -2.29. The van der Waals surface area contributed by atoms with E-state index in [1.165, 1.54) is 15.9 Å². The van der Waals surface area contributed by atoms with E-state index in [0.717, 1.165) is 5.57 Å². The molecule has 0 atom stereocenters. The maximum absolute atomic E-state index is 9.64. The zero-order valence-electron chi connectivity index (χ0n) is 16.8. The molecule has 0 radical (unpaired) electrons. The Morgan fingerprint density at radius 1 is 0.690 bits per heavy atom. The fraction of sp³-hybridized carbons (Fsp3) is 0.154. The molecular formula is C26H24N2P+. The molecule has 0 aliphatic rings. The van der Waals surface area contributed by atoms with Crippen molar-refractivity contribution < 1.29 is 0 Å². The third-order valence-corrected chi connectivity index (χ3v) is 9.59. The molecule has 0 bridgehead atoms.